The summed E-state index contributed by atoms with van der Waals surface area (Å²) in [5, 5.41) is 8.30. The van der Waals surface area contributed by atoms with E-state index in [9.17, 15) is 4.79 Å². The van der Waals surface area contributed by atoms with E-state index in [1.807, 2.05) is 25.1 Å². The molecule has 0 heterocycles. The van der Waals surface area contributed by atoms with Gasteiger partial charge in [0.2, 0.25) is 0 Å². The molecule has 1 aromatic carbocycles. The van der Waals surface area contributed by atoms with E-state index in [-0.39, 0.29) is 6.42 Å². The summed E-state index contributed by atoms with van der Waals surface area (Å²) in [5.74, 6) is 5.49. The molecule has 0 bridgehead atoms. The Morgan fingerprint density at radius 3 is 2.93 bits per heavy atom. The average Bonchev–Trinajstić information content (AvgIpc) is 2.19. The number of rotatable bonds is 1. The van der Waals surface area contributed by atoms with Crippen molar-refractivity contribution < 1.29 is 4.79 Å². The lowest BCUT2D eigenvalue weighted by molar-refractivity contribution is 0.112. The van der Waals surface area contributed by atoms with Crippen molar-refractivity contribution >= 4 is 6.29 Å². The molecule has 0 unspecified atom stereocenters. The highest BCUT2D eigenvalue weighted by molar-refractivity contribution is 5.79. The van der Waals surface area contributed by atoms with E-state index in [0.29, 0.717) is 11.1 Å². The van der Waals surface area contributed by atoms with Gasteiger partial charge in [0.1, 0.15) is 0 Å². The Morgan fingerprint density at radius 2 is 2.29 bits per heavy atom. The Kier molecular flexibility index (Phi) is 3.47. The number of benzene rings is 1. The zero-order valence-electron chi connectivity index (χ0n) is 7.87. The largest absolute Gasteiger partial charge is 0.298 e. The molecule has 2 nitrogen and oxygen atoms in total. The van der Waals surface area contributed by atoms with Crippen LogP contribution in [-0.4, -0.2) is 6.29 Å². The van der Waals surface area contributed by atoms with Crippen molar-refractivity contribution in [3.05, 3.63) is 34.9 Å². The average molecular weight is 183 g/mol. The van der Waals surface area contributed by atoms with Crippen molar-refractivity contribution in [3.8, 4) is 17.9 Å². The summed E-state index contributed by atoms with van der Waals surface area (Å²) in [4.78, 5) is 10.6. The molecule has 0 aliphatic heterocycles. The Balaban J connectivity index is 3.08. The van der Waals surface area contributed by atoms with Gasteiger partial charge >= 0.3 is 0 Å². The molecule has 1 aromatic rings. The Morgan fingerprint density at radius 1 is 1.50 bits per heavy atom. The first-order chi connectivity index (χ1) is 6.77. The number of aryl methyl sites for hydroxylation is 1. The minimum Gasteiger partial charge on any atom is -0.298 e. The predicted octanol–water partition coefficient (Wildman–Crippen LogP) is 2.07. The highest BCUT2D eigenvalue weighted by Gasteiger charge is 1.97. The summed E-state index contributed by atoms with van der Waals surface area (Å²) in [6.45, 7) is 1.93. The van der Waals surface area contributed by atoms with Gasteiger partial charge in [-0.3, -0.25) is 4.79 Å². The maximum atomic E-state index is 10.6. The van der Waals surface area contributed by atoms with Crippen LogP contribution in [0.15, 0.2) is 18.2 Å². The van der Waals surface area contributed by atoms with Crippen LogP contribution in [0.25, 0.3) is 0 Å². The fourth-order valence-corrected chi connectivity index (χ4v) is 1.06. The minimum atomic E-state index is 0.187. The van der Waals surface area contributed by atoms with E-state index in [2.05, 4.69) is 11.8 Å². The van der Waals surface area contributed by atoms with E-state index >= 15 is 0 Å². The van der Waals surface area contributed by atoms with E-state index < -0.39 is 0 Å². The van der Waals surface area contributed by atoms with Crippen molar-refractivity contribution in [3.63, 3.8) is 0 Å². The lowest BCUT2D eigenvalue weighted by atomic mass is 10.1. The van der Waals surface area contributed by atoms with E-state index in [1.165, 1.54) is 0 Å². The Labute approximate surface area is 83.2 Å². The molecule has 0 aliphatic carbocycles. The number of hydrogen-bond donors (Lipinski definition) is 0. The molecule has 0 fully saturated rings. The Hall–Kier alpha value is -2.06. The highest BCUT2D eigenvalue weighted by atomic mass is 16.1. The molecule has 0 N–H and O–H groups in total. The molecule has 0 saturated carbocycles. The molecule has 0 atom stereocenters. The molecule has 1 rings (SSSR count). The third kappa shape index (κ3) is 2.47. The number of hydrogen-bond acceptors (Lipinski definition) is 2. The summed E-state index contributed by atoms with van der Waals surface area (Å²) in [6.07, 6.45) is 0.960. The SMILES string of the molecule is Cc1ccc(C=O)c(C#CCC#N)c1. The summed E-state index contributed by atoms with van der Waals surface area (Å²) in [7, 11) is 0. The third-order valence-corrected chi connectivity index (χ3v) is 1.73. The molecular formula is C12H9NO. The summed E-state index contributed by atoms with van der Waals surface area (Å²) in [6, 6.07) is 7.36. The first-order valence-electron chi connectivity index (χ1n) is 4.19. The van der Waals surface area contributed by atoms with Gasteiger partial charge in [-0.2, -0.15) is 5.26 Å². The molecule has 0 aliphatic rings. The van der Waals surface area contributed by atoms with Crippen molar-refractivity contribution in [1.29, 1.82) is 5.26 Å². The molecule has 2 heteroatoms. The second kappa shape index (κ2) is 4.84. The van der Waals surface area contributed by atoms with Gasteiger partial charge in [0, 0.05) is 11.1 Å². The van der Waals surface area contributed by atoms with Gasteiger partial charge < -0.3 is 0 Å². The first kappa shape index (κ1) is 10.0. The van der Waals surface area contributed by atoms with Crippen LogP contribution in [-0.2, 0) is 0 Å². The lowest BCUT2D eigenvalue weighted by Crippen LogP contribution is -1.87. The van der Waals surface area contributed by atoms with Crippen LogP contribution < -0.4 is 0 Å². The van der Waals surface area contributed by atoms with E-state index in [1.54, 1.807) is 6.07 Å². The maximum absolute atomic E-state index is 10.6. The van der Waals surface area contributed by atoms with Crippen LogP contribution in [0.1, 0.15) is 27.9 Å². The number of carbonyl (C=O) groups is 1. The summed E-state index contributed by atoms with van der Waals surface area (Å²) >= 11 is 0. The molecule has 0 spiro atoms. The fourth-order valence-electron chi connectivity index (χ4n) is 1.06. The molecule has 0 saturated heterocycles. The highest BCUT2D eigenvalue weighted by Crippen LogP contribution is 2.08. The topological polar surface area (TPSA) is 40.9 Å². The second-order valence-corrected chi connectivity index (χ2v) is 2.85. The summed E-state index contributed by atoms with van der Waals surface area (Å²) < 4.78 is 0. The van der Waals surface area contributed by atoms with Gasteiger partial charge in [0.25, 0.3) is 0 Å². The fraction of sp³-hybridized carbons (Fsp3) is 0.167. The van der Waals surface area contributed by atoms with Crippen LogP contribution in [0, 0.1) is 30.1 Å². The van der Waals surface area contributed by atoms with Crippen LogP contribution in [0.3, 0.4) is 0 Å². The van der Waals surface area contributed by atoms with Gasteiger partial charge in [-0.25, -0.2) is 0 Å². The predicted molar refractivity (Wildman–Crippen MR) is 53.7 cm³/mol. The lowest BCUT2D eigenvalue weighted by Gasteiger charge is -1.97. The Bertz CT molecular complexity index is 444. The molecular weight excluding hydrogens is 174 g/mol. The quantitative estimate of drug-likeness (QED) is 0.494. The number of aldehydes is 1. The van der Waals surface area contributed by atoms with Crippen LogP contribution >= 0.6 is 0 Å². The smallest absolute Gasteiger partial charge is 0.151 e. The van der Waals surface area contributed by atoms with E-state index in [4.69, 9.17) is 5.26 Å². The zero-order chi connectivity index (χ0) is 10.4. The molecule has 14 heavy (non-hydrogen) atoms. The van der Waals surface area contributed by atoms with Crippen molar-refractivity contribution in [2.75, 3.05) is 0 Å². The van der Waals surface area contributed by atoms with Gasteiger partial charge in [-0.05, 0) is 18.6 Å². The van der Waals surface area contributed by atoms with Gasteiger partial charge in [0.15, 0.2) is 6.29 Å². The normalized spacial score (nSPS) is 8.29. The second-order valence-electron chi connectivity index (χ2n) is 2.85. The first-order valence-corrected chi connectivity index (χ1v) is 4.19. The number of nitriles is 1. The molecule has 0 radical (unpaired) electrons. The molecule has 68 valence electrons. The number of nitrogens with zero attached hydrogens (tertiary/aromatic N) is 1. The van der Waals surface area contributed by atoms with Crippen LogP contribution in [0.5, 0.6) is 0 Å². The van der Waals surface area contributed by atoms with E-state index in [0.717, 1.165) is 11.8 Å². The zero-order valence-corrected chi connectivity index (χ0v) is 7.87. The maximum Gasteiger partial charge on any atom is 0.151 e. The van der Waals surface area contributed by atoms with Crippen LogP contribution in [0.4, 0.5) is 0 Å². The summed E-state index contributed by atoms with van der Waals surface area (Å²) in [5.41, 5.74) is 2.31. The van der Waals surface area contributed by atoms with Crippen molar-refractivity contribution in [1.82, 2.24) is 0 Å². The number of carbonyl (C=O) groups excluding carboxylic acids is 1. The monoisotopic (exact) mass is 183 g/mol. The van der Waals surface area contributed by atoms with Gasteiger partial charge in [-0.1, -0.05) is 24.0 Å². The molecule has 0 aromatic heterocycles. The van der Waals surface area contributed by atoms with Gasteiger partial charge in [-0.15, -0.1) is 0 Å². The van der Waals surface area contributed by atoms with Crippen LogP contribution in [0.2, 0.25) is 0 Å². The minimum absolute atomic E-state index is 0.187. The van der Waals surface area contributed by atoms with Gasteiger partial charge in [0.05, 0.1) is 12.5 Å². The third-order valence-electron chi connectivity index (χ3n) is 1.73. The standard InChI is InChI=1S/C12H9NO/c1-10-5-6-12(9-14)11(8-10)4-2-3-7-13/h5-6,8-9H,3H2,1H3. The van der Waals surface area contributed by atoms with Crippen molar-refractivity contribution in [2.24, 2.45) is 0 Å². The van der Waals surface area contributed by atoms with Crippen molar-refractivity contribution in [2.45, 2.75) is 13.3 Å². The molecule has 0 amide bonds.